The molecule has 3 unspecified atom stereocenters. The van der Waals surface area contributed by atoms with Crippen LogP contribution in [0.15, 0.2) is 279 Å². The third-order valence-corrected chi connectivity index (χ3v) is 17.7. The van der Waals surface area contributed by atoms with Crippen molar-refractivity contribution in [2.24, 2.45) is 5.92 Å². The Bertz CT molecular complexity index is 3920. The molecule has 3 aliphatic heterocycles. The summed E-state index contributed by atoms with van der Waals surface area (Å²) in [5.74, 6) is 1.28. The van der Waals surface area contributed by atoms with E-state index in [0.717, 1.165) is 52.9 Å². The summed E-state index contributed by atoms with van der Waals surface area (Å²) in [7, 11) is 0. The van der Waals surface area contributed by atoms with E-state index < -0.39 is 0 Å². The minimum absolute atomic E-state index is 0.312. The molecule has 0 aromatic heterocycles. The monoisotopic (exact) mass is 1060 g/mol. The molecule has 11 aromatic carbocycles. The Labute approximate surface area is 483 Å². The second kappa shape index (κ2) is 22.0. The highest BCUT2D eigenvalue weighted by molar-refractivity contribution is 5.90. The van der Waals surface area contributed by atoms with Gasteiger partial charge in [0.1, 0.15) is 0 Å². The smallest absolute Gasteiger partial charge is 0.0606 e. The number of hydrogen-bond donors (Lipinski definition) is 2. The van der Waals surface area contributed by atoms with Gasteiger partial charge >= 0.3 is 0 Å². The number of anilines is 9. The molecule has 5 nitrogen and oxygen atoms in total. The van der Waals surface area contributed by atoms with Gasteiger partial charge in [0.05, 0.1) is 17.5 Å². The highest BCUT2D eigenvalue weighted by Gasteiger charge is 2.38. The van der Waals surface area contributed by atoms with Crippen LogP contribution >= 0.6 is 0 Å². The maximum atomic E-state index is 3.72. The fourth-order valence-electron chi connectivity index (χ4n) is 13.4. The molecule has 3 heterocycles. The Morgan fingerprint density at radius 3 is 1.12 bits per heavy atom. The van der Waals surface area contributed by atoms with Crippen LogP contribution in [0, 0.1) is 5.92 Å². The average molecular weight is 1060 g/mol. The van der Waals surface area contributed by atoms with E-state index in [1.807, 2.05) is 0 Å². The van der Waals surface area contributed by atoms with Crippen molar-refractivity contribution in [2.75, 3.05) is 27.8 Å². The lowest BCUT2D eigenvalue weighted by atomic mass is 9.72. The van der Waals surface area contributed by atoms with Gasteiger partial charge in [-0.3, -0.25) is 0 Å². The van der Waals surface area contributed by atoms with Crippen LogP contribution in [0.3, 0.4) is 0 Å². The summed E-state index contributed by atoms with van der Waals surface area (Å²) in [5.41, 5.74) is 23.6. The molecule has 0 radical (unpaired) electrons. The van der Waals surface area contributed by atoms with Crippen LogP contribution in [-0.2, 0) is 5.41 Å². The van der Waals surface area contributed by atoms with Crippen LogP contribution in [0.4, 0.5) is 51.2 Å². The molecule has 0 amide bonds. The Balaban J connectivity index is 0.731. The van der Waals surface area contributed by atoms with Gasteiger partial charge in [-0.25, -0.2) is 0 Å². The summed E-state index contributed by atoms with van der Waals surface area (Å²) in [6.45, 7) is 6.98. The molecule has 2 N–H and O–H groups in total. The first-order valence-electron chi connectivity index (χ1n) is 29.3. The van der Waals surface area contributed by atoms with Crippen molar-refractivity contribution in [1.29, 1.82) is 0 Å². The number of para-hydroxylation sites is 4. The number of rotatable bonds is 12. The molecule has 2 saturated heterocycles. The molecule has 11 aromatic rings. The molecule has 5 heteroatoms. The second-order valence-corrected chi connectivity index (χ2v) is 22.9. The van der Waals surface area contributed by atoms with Gasteiger partial charge in [-0.15, -0.1) is 0 Å². The molecular formula is C77H67N5. The third-order valence-electron chi connectivity index (χ3n) is 17.7. The SMILES string of the molecule is CC1(C)c2cc(-c3ccc(N(c4ccccc4)c4ccccc4)cc3)ccc2N(c2ccccc2)c2ccc(-c3ccc(N(c4ccccc4)c4ccc(-c5ccc(-c6ccc(C7CCNC8NCCCC87)cc6)cc5)cc4)cc3)cc21. The van der Waals surface area contributed by atoms with E-state index in [9.17, 15) is 0 Å². The fraction of sp³-hybridized carbons (Fsp3) is 0.143. The van der Waals surface area contributed by atoms with E-state index in [1.54, 1.807) is 0 Å². The molecule has 3 aliphatic rings. The van der Waals surface area contributed by atoms with E-state index >= 15 is 0 Å². The van der Waals surface area contributed by atoms with Crippen molar-refractivity contribution in [1.82, 2.24) is 10.6 Å². The van der Waals surface area contributed by atoms with Crippen LogP contribution in [0.1, 0.15) is 55.7 Å². The Morgan fingerprint density at radius 1 is 0.354 bits per heavy atom. The molecule has 0 bridgehead atoms. The fourth-order valence-corrected chi connectivity index (χ4v) is 13.4. The summed E-state index contributed by atoms with van der Waals surface area (Å²) in [6, 6.07) is 102. The number of piperidine rings is 2. The lowest BCUT2D eigenvalue weighted by molar-refractivity contribution is 0.165. The summed E-state index contributed by atoms with van der Waals surface area (Å²) < 4.78 is 0. The molecule has 0 spiro atoms. The normalized spacial score (nSPS) is 17.0. The zero-order chi connectivity index (χ0) is 55.0. The third kappa shape index (κ3) is 9.76. The van der Waals surface area contributed by atoms with Crippen LogP contribution in [0.2, 0.25) is 0 Å². The predicted octanol–water partition coefficient (Wildman–Crippen LogP) is 19.8. The zero-order valence-electron chi connectivity index (χ0n) is 46.7. The molecule has 14 rings (SSSR count). The molecule has 400 valence electrons. The first-order chi connectivity index (χ1) is 40.4. The molecular weight excluding hydrogens is 995 g/mol. The van der Waals surface area contributed by atoms with Crippen molar-refractivity contribution in [3.05, 3.63) is 296 Å². The largest absolute Gasteiger partial charge is 0.311 e. The number of benzene rings is 11. The van der Waals surface area contributed by atoms with Gasteiger partial charge in [-0.2, -0.15) is 0 Å². The van der Waals surface area contributed by atoms with Gasteiger partial charge in [0.2, 0.25) is 0 Å². The van der Waals surface area contributed by atoms with Crippen LogP contribution in [0.25, 0.3) is 44.5 Å². The quantitative estimate of drug-likeness (QED) is 0.127. The Kier molecular flexibility index (Phi) is 13.7. The van der Waals surface area contributed by atoms with Crippen molar-refractivity contribution in [3.63, 3.8) is 0 Å². The van der Waals surface area contributed by atoms with Crippen LogP contribution < -0.4 is 25.3 Å². The summed E-state index contributed by atoms with van der Waals surface area (Å²) >= 11 is 0. The summed E-state index contributed by atoms with van der Waals surface area (Å²) in [6.07, 6.45) is 4.21. The molecule has 82 heavy (non-hydrogen) atoms. The summed E-state index contributed by atoms with van der Waals surface area (Å²) in [5, 5.41) is 7.44. The van der Waals surface area contributed by atoms with Crippen LogP contribution in [0.5, 0.6) is 0 Å². The molecule has 2 fully saturated rings. The number of nitrogens with one attached hydrogen (secondary N) is 2. The Morgan fingerprint density at radius 2 is 0.695 bits per heavy atom. The number of hydrogen-bond acceptors (Lipinski definition) is 5. The number of fused-ring (bicyclic) bond motifs is 3. The van der Waals surface area contributed by atoms with E-state index in [4.69, 9.17) is 0 Å². The molecule has 3 atom stereocenters. The van der Waals surface area contributed by atoms with Gasteiger partial charge in [0.15, 0.2) is 0 Å². The Hall–Kier alpha value is -9.26. The van der Waals surface area contributed by atoms with E-state index in [0.29, 0.717) is 18.0 Å². The van der Waals surface area contributed by atoms with E-state index in [1.165, 1.54) is 91.8 Å². The summed E-state index contributed by atoms with van der Waals surface area (Å²) in [4.78, 5) is 7.12. The molecule has 0 saturated carbocycles. The first-order valence-corrected chi connectivity index (χ1v) is 29.3. The van der Waals surface area contributed by atoms with Gasteiger partial charge in [0.25, 0.3) is 0 Å². The van der Waals surface area contributed by atoms with Crippen LogP contribution in [-0.4, -0.2) is 19.3 Å². The lowest BCUT2D eigenvalue weighted by Crippen LogP contribution is -2.56. The van der Waals surface area contributed by atoms with Gasteiger partial charge in [-0.1, -0.05) is 184 Å². The number of nitrogens with zero attached hydrogens (tertiary/aromatic N) is 3. The highest BCUT2D eigenvalue weighted by Crippen LogP contribution is 2.54. The maximum absolute atomic E-state index is 3.72. The van der Waals surface area contributed by atoms with Gasteiger partial charge in [0, 0.05) is 45.2 Å². The van der Waals surface area contributed by atoms with E-state index in [-0.39, 0.29) is 5.41 Å². The predicted molar refractivity (Wildman–Crippen MR) is 344 cm³/mol. The average Bonchev–Trinajstić information content (AvgIpc) is 3.73. The standard InChI is InChI=1S/C77H67N5/c1-77(2)72-52-61(58-35-43-67(44-36-58)80(63-16-7-3-8-17-63)64-18-9-4-10-19-64)39-47-74(72)82(66-22-13-6-14-23-66)75-48-40-62(53-73(75)77)59-37-45-69(46-38-59)81(65-20-11-5-12-21-65)68-41-33-57(34-42-68)55-27-25-54(26-28-55)56-29-31-60(32-30-56)70-49-51-79-76-71(70)24-15-50-78-76/h3-14,16-23,25-48,52-53,70-71,76,78-79H,15,24,49-51H2,1-2H3. The maximum Gasteiger partial charge on any atom is 0.0606 e. The lowest BCUT2D eigenvalue weighted by Gasteiger charge is -2.42. The van der Waals surface area contributed by atoms with E-state index in [2.05, 4.69) is 318 Å². The van der Waals surface area contributed by atoms with Crippen molar-refractivity contribution in [3.8, 4) is 44.5 Å². The first kappa shape index (κ1) is 50.9. The molecule has 0 aliphatic carbocycles. The minimum atomic E-state index is -0.312. The zero-order valence-corrected chi connectivity index (χ0v) is 46.7. The van der Waals surface area contributed by atoms with Crippen molar-refractivity contribution >= 4 is 51.2 Å². The minimum Gasteiger partial charge on any atom is -0.311 e. The van der Waals surface area contributed by atoms with Crippen molar-refractivity contribution in [2.45, 2.75) is 50.6 Å². The topological polar surface area (TPSA) is 33.8 Å². The van der Waals surface area contributed by atoms with Gasteiger partial charge in [-0.05, 0) is 215 Å². The second-order valence-electron chi connectivity index (χ2n) is 22.9. The van der Waals surface area contributed by atoms with Crippen molar-refractivity contribution < 1.29 is 0 Å². The highest BCUT2D eigenvalue weighted by atomic mass is 15.2. The van der Waals surface area contributed by atoms with Gasteiger partial charge < -0.3 is 25.3 Å².